The zero-order valence-corrected chi connectivity index (χ0v) is 15.7. The van der Waals surface area contributed by atoms with Gasteiger partial charge in [0.05, 0.1) is 28.0 Å². The molecule has 1 aliphatic heterocycles. The molecule has 0 spiro atoms. The predicted octanol–water partition coefficient (Wildman–Crippen LogP) is 2.27. The standard InChI is InChI=1S/C15H17ClFNO5S2/c1-9(15(20)18-13-3-2-10(17)6-12(13)16)23-14(19)7-24-11-4-5-25(21,22)8-11/h2-3,6,9,11H,4-5,7-8H2,1H3,(H,18,20)/t9-,11-/m1/s1. The van der Waals surface area contributed by atoms with E-state index in [0.29, 0.717) is 6.42 Å². The van der Waals surface area contributed by atoms with Gasteiger partial charge in [0.15, 0.2) is 15.9 Å². The van der Waals surface area contributed by atoms with Crippen molar-refractivity contribution in [2.24, 2.45) is 0 Å². The number of carbonyl (C=O) groups is 2. The number of rotatable bonds is 6. The van der Waals surface area contributed by atoms with Gasteiger partial charge in [-0.25, -0.2) is 12.8 Å². The molecule has 1 heterocycles. The lowest BCUT2D eigenvalue weighted by Crippen LogP contribution is -2.30. The largest absolute Gasteiger partial charge is 0.452 e. The molecule has 0 bridgehead atoms. The van der Waals surface area contributed by atoms with E-state index < -0.39 is 33.6 Å². The maximum Gasteiger partial charge on any atom is 0.316 e. The second-order valence-electron chi connectivity index (χ2n) is 5.58. The first-order chi connectivity index (χ1) is 11.7. The van der Waals surface area contributed by atoms with Crippen LogP contribution in [0, 0.1) is 5.82 Å². The average Bonchev–Trinajstić information content (AvgIpc) is 2.87. The molecular formula is C15H17ClFNO5S2. The van der Waals surface area contributed by atoms with E-state index in [9.17, 15) is 22.4 Å². The minimum Gasteiger partial charge on any atom is -0.452 e. The molecule has 0 aromatic heterocycles. The summed E-state index contributed by atoms with van der Waals surface area (Å²) >= 11 is 7.02. The number of carbonyl (C=O) groups excluding carboxylic acids is 2. The SMILES string of the molecule is C[C@@H](OC(=O)CS[C@@H]1CCS(=O)(=O)C1)C(=O)Nc1ccc(F)cc1Cl. The molecule has 1 amide bonds. The van der Waals surface area contributed by atoms with E-state index >= 15 is 0 Å². The van der Waals surface area contributed by atoms with Gasteiger partial charge in [-0.15, -0.1) is 11.8 Å². The topological polar surface area (TPSA) is 89.5 Å². The molecule has 0 radical (unpaired) electrons. The summed E-state index contributed by atoms with van der Waals surface area (Å²) in [7, 11) is -3.00. The smallest absolute Gasteiger partial charge is 0.316 e. The van der Waals surface area contributed by atoms with Gasteiger partial charge >= 0.3 is 5.97 Å². The van der Waals surface area contributed by atoms with Crippen molar-refractivity contribution >= 4 is 50.8 Å². The highest BCUT2D eigenvalue weighted by Crippen LogP contribution is 2.25. The van der Waals surface area contributed by atoms with E-state index in [1.807, 2.05) is 0 Å². The zero-order valence-electron chi connectivity index (χ0n) is 13.3. The summed E-state index contributed by atoms with van der Waals surface area (Å²) in [4.78, 5) is 23.8. The number of sulfone groups is 1. The first-order valence-corrected chi connectivity index (χ1v) is 10.7. The molecule has 1 aromatic rings. The number of benzene rings is 1. The predicted molar refractivity (Wildman–Crippen MR) is 95.1 cm³/mol. The molecular weight excluding hydrogens is 393 g/mol. The Hall–Kier alpha value is -1.32. The molecule has 6 nitrogen and oxygen atoms in total. The van der Waals surface area contributed by atoms with Crippen molar-refractivity contribution in [1.29, 1.82) is 0 Å². The molecule has 1 saturated heterocycles. The summed E-state index contributed by atoms with van der Waals surface area (Å²) in [6.45, 7) is 1.40. The summed E-state index contributed by atoms with van der Waals surface area (Å²) in [5, 5.41) is 2.36. The third kappa shape index (κ3) is 6.16. The van der Waals surface area contributed by atoms with Gasteiger partial charge in [-0.3, -0.25) is 9.59 Å². The number of esters is 1. The Bertz CT molecular complexity index is 771. The van der Waals surface area contributed by atoms with E-state index in [-0.39, 0.29) is 33.2 Å². The van der Waals surface area contributed by atoms with Crippen LogP contribution in [0.5, 0.6) is 0 Å². The fourth-order valence-electron chi connectivity index (χ4n) is 2.19. The number of anilines is 1. The number of ether oxygens (including phenoxy) is 1. The minimum absolute atomic E-state index is 0.0323. The maximum absolute atomic E-state index is 13.0. The molecule has 2 rings (SSSR count). The van der Waals surface area contributed by atoms with Crippen LogP contribution in [0.4, 0.5) is 10.1 Å². The van der Waals surface area contributed by atoms with Gasteiger partial charge in [0.25, 0.3) is 5.91 Å². The van der Waals surface area contributed by atoms with Crippen LogP contribution in [0.1, 0.15) is 13.3 Å². The van der Waals surface area contributed by atoms with Crippen LogP contribution in [0.15, 0.2) is 18.2 Å². The van der Waals surface area contributed by atoms with E-state index in [4.69, 9.17) is 16.3 Å². The summed E-state index contributed by atoms with van der Waals surface area (Å²) in [6.07, 6.45) is -0.555. The van der Waals surface area contributed by atoms with Gasteiger partial charge in [-0.1, -0.05) is 11.6 Å². The number of thioether (sulfide) groups is 1. The third-order valence-electron chi connectivity index (χ3n) is 3.49. The van der Waals surface area contributed by atoms with Crippen LogP contribution in [-0.2, 0) is 24.2 Å². The second-order valence-corrected chi connectivity index (χ2v) is 9.51. The Morgan fingerprint density at radius 1 is 1.48 bits per heavy atom. The molecule has 10 heteroatoms. The number of nitrogens with one attached hydrogen (secondary N) is 1. The Kier molecular flexibility index (Phi) is 6.70. The van der Waals surface area contributed by atoms with Crippen LogP contribution in [0.3, 0.4) is 0 Å². The van der Waals surface area contributed by atoms with Gasteiger partial charge < -0.3 is 10.1 Å². The highest BCUT2D eigenvalue weighted by Gasteiger charge is 2.29. The molecule has 1 fully saturated rings. The fraction of sp³-hybridized carbons (Fsp3) is 0.467. The summed E-state index contributed by atoms with van der Waals surface area (Å²) < 4.78 is 40.7. The molecule has 2 atom stereocenters. The fourth-order valence-corrected chi connectivity index (χ4v) is 5.83. The van der Waals surface area contributed by atoms with E-state index in [1.165, 1.54) is 24.8 Å². The lowest BCUT2D eigenvalue weighted by atomic mass is 10.3. The Labute approximate surface area is 154 Å². The second kappa shape index (κ2) is 8.37. The summed E-state index contributed by atoms with van der Waals surface area (Å²) in [5.41, 5.74) is 0.210. The molecule has 138 valence electrons. The van der Waals surface area contributed by atoms with Crippen molar-refractivity contribution in [3.63, 3.8) is 0 Å². The average molecular weight is 410 g/mol. The van der Waals surface area contributed by atoms with E-state index in [1.54, 1.807) is 0 Å². The van der Waals surface area contributed by atoms with Crippen molar-refractivity contribution in [2.75, 3.05) is 22.6 Å². The number of amides is 1. The van der Waals surface area contributed by atoms with Gasteiger partial charge in [0.1, 0.15) is 5.82 Å². The lowest BCUT2D eigenvalue weighted by Gasteiger charge is -2.15. The number of hydrogen-bond donors (Lipinski definition) is 1. The summed E-state index contributed by atoms with van der Waals surface area (Å²) in [6, 6.07) is 3.51. The van der Waals surface area contributed by atoms with E-state index in [0.717, 1.165) is 12.1 Å². The van der Waals surface area contributed by atoms with Crippen LogP contribution in [0.2, 0.25) is 5.02 Å². The Morgan fingerprint density at radius 2 is 2.20 bits per heavy atom. The lowest BCUT2D eigenvalue weighted by molar-refractivity contribution is -0.150. The molecule has 1 aromatic carbocycles. The van der Waals surface area contributed by atoms with Crippen molar-refractivity contribution in [2.45, 2.75) is 24.7 Å². The van der Waals surface area contributed by atoms with Gasteiger partial charge in [0.2, 0.25) is 0 Å². The molecule has 1 N–H and O–H groups in total. The normalized spacial score (nSPS) is 20.0. The molecule has 25 heavy (non-hydrogen) atoms. The third-order valence-corrected chi connectivity index (χ3v) is 7.06. The summed E-state index contributed by atoms with van der Waals surface area (Å²) in [5.74, 6) is -1.58. The van der Waals surface area contributed by atoms with Crippen LogP contribution < -0.4 is 5.32 Å². The minimum atomic E-state index is -3.00. The monoisotopic (exact) mass is 409 g/mol. The van der Waals surface area contributed by atoms with Crippen molar-refractivity contribution in [1.82, 2.24) is 0 Å². The molecule has 0 aliphatic carbocycles. The Morgan fingerprint density at radius 3 is 2.80 bits per heavy atom. The maximum atomic E-state index is 13.0. The molecule has 1 aliphatic rings. The quantitative estimate of drug-likeness (QED) is 0.725. The van der Waals surface area contributed by atoms with Crippen molar-refractivity contribution in [3.05, 3.63) is 29.0 Å². The highest BCUT2D eigenvalue weighted by molar-refractivity contribution is 8.02. The van der Waals surface area contributed by atoms with Crippen LogP contribution in [0.25, 0.3) is 0 Å². The van der Waals surface area contributed by atoms with E-state index in [2.05, 4.69) is 5.32 Å². The van der Waals surface area contributed by atoms with Gasteiger partial charge in [-0.05, 0) is 31.5 Å². The highest BCUT2D eigenvalue weighted by atomic mass is 35.5. The molecule has 0 unspecified atom stereocenters. The van der Waals surface area contributed by atoms with Crippen molar-refractivity contribution < 1.29 is 27.1 Å². The number of hydrogen-bond acceptors (Lipinski definition) is 6. The first kappa shape index (κ1) is 20.0. The Balaban J connectivity index is 1.79. The zero-order chi connectivity index (χ0) is 18.6. The molecule has 0 saturated carbocycles. The number of halogens is 2. The van der Waals surface area contributed by atoms with Gasteiger partial charge in [0, 0.05) is 5.25 Å². The van der Waals surface area contributed by atoms with Gasteiger partial charge in [-0.2, -0.15) is 0 Å². The van der Waals surface area contributed by atoms with Crippen molar-refractivity contribution in [3.8, 4) is 0 Å². The first-order valence-electron chi connectivity index (χ1n) is 7.44. The van der Waals surface area contributed by atoms with Crippen LogP contribution in [-0.4, -0.2) is 48.9 Å². The van der Waals surface area contributed by atoms with Crippen LogP contribution >= 0.6 is 23.4 Å².